The number of halogens is 6. The lowest BCUT2D eigenvalue weighted by molar-refractivity contribution is -0.138. The van der Waals surface area contributed by atoms with Crippen molar-refractivity contribution in [2.75, 3.05) is 5.32 Å². The Balaban J connectivity index is 1.68. The van der Waals surface area contributed by atoms with E-state index in [1.165, 1.54) is 18.3 Å². The van der Waals surface area contributed by atoms with E-state index in [1.54, 1.807) is 18.2 Å². The second kappa shape index (κ2) is 9.12. The topological polar surface area (TPSA) is 82.2 Å². The Morgan fingerprint density at radius 3 is 2.29 bits per heavy atom. The van der Waals surface area contributed by atoms with Crippen LogP contribution in [0.15, 0.2) is 77.9 Å². The molecule has 0 fully saturated rings. The first kappa shape index (κ1) is 23.8. The first-order chi connectivity index (χ1) is 16.5. The fourth-order valence-corrected chi connectivity index (χ4v) is 3.17. The number of aromatic nitrogens is 2. The highest BCUT2D eigenvalue weighted by molar-refractivity contribution is 6.11. The predicted octanol–water partition coefficient (Wildman–Crippen LogP) is 6.13. The van der Waals surface area contributed by atoms with Gasteiger partial charge in [-0.3, -0.25) is 15.2 Å². The summed E-state index contributed by atoms with van der Waals surface area (Å²) in [7, 11) is 0. The molecule has 0 unspecified atom stereocenters. The van der Waals surface area contributed by atoms with Crippen LogP contribution in [0.2, 0.25) is 0 Å². The van der Waals surface area contributed by atoms with Crippen LogP contribution < -0.4 is 10.6 Å². The monoisotopic (exact) mass is 491 g/mol. The van der Waals surface area contributed by atoms with Crippen molar-refractivity contribution in [3.63, 3.8) is 0 Å². The number of hydrogen-bond donors (Lipinski definition) is 3. The number of anilines is 1. The third-order valence-electron chi connectivity index (χ3n) is 4.85. The highest BCUT2D eigenvalue weighted by Gasteiger charge is 2.33. The van der Waals surface area contributed by atoms with E-state index in [-0.39, 0.29) is 11.5 Å². The number of hydrogen-bond acceptors (Lipinski definition) is 3. The van der Waals surface area contributed by atoms with Crippen molar-refractivity contribution in [2.45, 2.75) is 12.4 Å². The Labute approximate surface area is 193 Å². The molecule has 6 nitrogen and oxygen atoms in total. The standard InChI is InChI=1S/C23H15F6N5O/c24-22(25,26)15-7-5-13(6-8-15)20(35)33-21(31-16-9-10-18-14(11-16)12-30-34-18)32-19-4-2-1-3-17(19)23(27,28)29/h1-12H,(H,30,34)(H2,31,32,33,35). The minimum Gasteiger partial charge on any atom is -0.326 e. The van der Waals surface area contributed by atoms with Crippen LogP contribution in [0.1, 0.15) is 21.5 Å². The summed E-state index contributed by atoms with van der Waals surface area (Å²) < 4.78 is 78.8. The maximum Gasteiger partial charge on any atom is 0.418 e. The molecule has 0 saturated carbocycles. The Bertz CT molecular complexity index is 1390. The van der Waals surface area contributed by atoms with Crippen LogP contribution in [-0.2, 0) is 12.4 Å². The lowest BCUT2D eigenvalue weighted by Crippen LogP contribution is -2.36. The number of nitrogens with zero attached hydrogens (tertiary/aromatic N) is 2. The molecule has 1 heterocycles. The Morgan fingerprint density at radius 2 is 1.60 bits per heavy atom. The second-order valence-electron chi connectivity index (χ2n) is 7.30. The van der Waals surface area contributed by atoms with Crippen molar-refractivity contribution in [1.29, 1.82) is 0 Å². The number of guanidine groups is 1. The van der Waals surface area contributed by atoms with Crippen LogP contribution in [0.5, 0.6) is 0 Å². The van der Waals surface area contributed by atoms with Gasteiger partial charge < -0.3 is 5.32 Å². The summed E-state index contributed by atoms with van der Waals surface area (Å²) in [6.45, 7) is 0. The summed E-state index contributed by atoms with van der Waals surface area (Å²) in [5.74, 6) is -1.24. The van der Waals surface area contributed by atoms with E-state index in [2.05, 4.69) is 25.8 Å². The molecule has 0 saturated heterocycles. The zero-order chi connectivity index (χ0) is 25.2. The number of benzene rings is 3. The first-order valence-electron chi connectivity index (χ1n) is 9.94. The summed E-state index contributed by atoms with van der Waals surface area (Å²) in [4.78, 5) is 16.7. The summed E-state index contributed by atoms with van der Waals surface area (Å²) in [6.07, 6.45) is -7.77. The quantitative estimate of drug-likeness (QED) is 0.183. The number of alkyl halides is 6. The normalized spacial score (nSPS) is 12.6. The number of H-pyrrole nitrogens is 1. The van der Waals surface area contributed by atoms with Gasteiger partial charge in [-0.25, -0.2) is 4.99 Å². The van der Waals surface area contributed by atoms with Crippen molar-refractivity contribution in [2.24, 2.45) is 4.99 Å². The van der Waals surface area contributed by atoms with Gasteiger partial charge in [-0.05, 0) is 54.6 Å². The lowest BCUT2D eigenvalue weighted by atomic mass is 10.1. The van der Waals surface area contributed by atoms with Gasteiger partial charge in [0.1, 0.15) is 0 Å². The smallest absolute Gasteiger partial charge is 0.326 e. The van der Waals surface area contributed by atoms with Gasteiger partial charge in [0.25, 0.3) is 5.91 Å². The molecule has 0 bridgehead atoms. The summed E-state index contributed by atoms with van der Waals surface area (Å²) in [5.41, 5.74) is -1.54. The molecule has 1 aromatic heterocycles. The van der Waals surface area contributed by atoms with Crippen LogP contribution >= 0.6 is 0 Å². The summed E-state index contributed by atoms with van der Waals surface area (Å²) in [6, 6.07) is 12.7. The third-order valence-corrected chi connectivity index (χ3v) is 4.85. The number of aromatic amines is 1. The van der Waals surface area contributed by atoms with E-state index in [9.17, 15) is 31.1 Å². The number of amides is 1. The molecule has 0 atom stereocenters. The molecular weight excluding hydrogens is 476 g/mol. The molecule has 3 N–H and O–H groups in total. The summed E-state index contributed by atoms with van der Waals surface area (Å²) >= 11 is 0. The van der Waals surface area contributed by atoms with Crippen molar-refractivity contribution in [1.82, 2.24) is 15.5 Å². The number of nitrogens with one attached hydrogen (secondary N) is 3. The van der Waals surface area contributed by atoms with Gasteiger partial charge in [0, 0.05) is 16.6 Å². The average molecular weight is 491 g/mol. The fraction of sp³-hybridized carbons (Fsp3) is 0.0870. The number of fused-ring (bicyclic) bond motifs is 1. The highest BCUT2D eigenvalue weighted by Crippen LogP contribution is 2.36. The molecule has 4 aromatic rings. The number of carbonyl (C=O) groups excluding carboxylic acids is 1. The first-order valence-corrected chi connectivity index (χ1v) is 9.94. The van der Waals surface area contributed by atoms with Crippen LogP contribution in [0.25, 0.3) is 10.9 Å². The van der Waals surface area contributed by atoms with Gasteiger partial charge in [0.2, 0.25) is 5.96 Å². The van der Waals surface area contributed by atoms with Crippen LogP contribution in [0.4, 0.5) is 37.7 Å². The van der Waals surface area contributed by atoms with E-state index in [0.717, 1.165) is 36.4 Å². The maximum absolute atomic E-state index is 13.4. The zero-order valence-electron chi connectivity index (χ0n) is 17.5. The van der Waals surface area contributed by atoms with Gasteiger partial charge in [0.05, 0.1) is 28.5 Å². The van der Waals surface area contributed by atoms with Gasteiger partial charge in [-0.15, -0.1) is 0 Å². The second-order valence-corrected chi connectivity index (χ2v) is 7.30. The van der Waals surface area contributed by atoms with Gasteiger partial charge in [-0.2, -0.15) is 31.4 Å². The number of carbonyl (C=O) groups is 1. The molecular formula is C23H15F6N5O. The van der Waals surface area contributed by atoms with Crippen molar-refractivity contribution in [3.8, 4) is 0 Å². The van der Waals surface area contributed by atoms with Gasteiger partial charge in [0.15, 0.2) is 0 Å². The SMILES string of the molecule is O=C(NC(=Nc1ccccc1C(F)(F)F)Nc1ccc2[nH]ncc2c1)c1ccc(C(F)(F)F)cc1. The minimum atomic E-state index is -4.71. The molecule has 0 aliphatic carbocycles. The molecule has 0 radical (unpaired) electrons. The van der Waals surface area contributed by atoms with E-state index in [1.807, 2.05) is 0 Å². The number of aliphatic imine (C=N–C) groups is 1. The largest absolute Gasteiger partial charge is 0.418 e. The van der Waals surface area contributed by atoms with Crippen molar-refractivity contribution >= 4 is 34.1 Å². The van der Waals surface area contributed by atoms with E-state index in [0.29, 0.717) is 16.6 Å². The summed E-state index contributed by atoms with van der Waals surface area (Å²) in [5, 5.41) is 12.4. The van der Waals surface area contributed by atoms with Gasteiger partial charge in [-0.1, -0.05) is 12.1 Å². The van der Waals surface area contributed by atoms with E-state index < -0.39 is 35.1 Å². The lowest BCUT2D eigenvalue weighted by Gasteiger charge is -2.14. The Hall–Kier alpha value is -4.35. The van der Waals surface area contributed by atoms with E-state index in [4.69, 9.17) is 0 Å². The number of rotatable bonds is 3. The molecule has 0 aliphatic heterocycles. The zero-order valence-corrected chi connectivity index (χ0v) is 17.5. The maximum atomic E-state index is 13.4. The molecule has 3 aromatic carbocycles. The highest BCUT2D eigenvalue weighted by atomic mass is 19.4. The molecule has 180 valence electrons. The molecule has 0 spiro atoms. The average Bonchev–Trinajstić information content (AvgIpc) is 3.26. The van der Waals surface area contributed by atoms with Crippen LogP contribution in [0, 0.1) is 0 Å². The fourth-order valence-electron chi connectivity index (χ4n) is 3.17. The van der Waals surface area contributed by atoms with Crippen molar-refractivity contribution in [3.05, 3.63) is 89.6 Å². The van der Waals surface area contributed by atoms with Crippen LogP contribution in [0.3, 0.4) is 0 Å². The Kier molecular flexibility index (Phi) is 6.20. The molecule has 0 aliphatic rings. The minimum absolute atomic E-state index is 0.151. The predicted molar refractivity (Wildman–Crippen MR) is 117 cm³/mol. The van der Waals surface area contributed by atoms with Crippen LogP contribution in [-0.4, -0.2) is 22.1 Å². The number of para-hydroxylation sites is 1. The van der Waals surface area contributed by atoms with E-state index >= 15 is 0 Å². The molecule has 4 rings (SSSR count). The van der Waals surface area contributed by atoms with Crippen molar-refractivity contribution < 1.29 is 31.1 Å². The van der Waals surface area contributed by atoms with Gasteiger partial charge >= 0.3 is 12.4 Å². The third kappa shape index (κ3) is 5.60. The molecule has 1 amide bonds. The molecule has 12 heteroatoms. The molecule has 35 heavy (non-hydrogen) atoms. The Morgan fingerprint density at radius 1 is 0.886 bits per heavy atom.